The Morgan fingerprint density at radius 1 is 1.73 bits per heavy atom. The third kappa shape index (κ3) is 2.55. The number of nitrogens with zero attached hydrogens (tertiary/aromatic N) is 2. The molecule has 1 atom stereocenters. The summed E-state index contributed by atoms with van der Waals surface area (Å²) >= 11 is 0. The Bertz CT molecular complexity index is 130. The normalized spacial score (nSPS) is 27.9. The third-order valence-corrected chi connectivity index (χ3v) is 1.93. The maximum Gasteiger partial charge on any atom is 0.128 e. The van der Waals surface area contributed by atoms with Crippen LogP contribution in [0, 0.1) is 4.91 Å². The molecule has 0 aromatic heterocycles. The van der Waals surface area contributed by atoms with Crippen LogP contribution in [0.2, 0.25) is 0 Å². The topological polar surface area (TPSA) is 41.9 Å². The molecule has 1 fully saturated rings. The van der Waals surface area contributed by atoms with Crippen LogP contribution < -0.4 is 0 Å². The summed E-state index contributed by atoms with van der Waals surface area (Å²) in [6.45, 7) is 5.92. The van der Waals surface area contributed by atoms with E-state index in [1.54, 1.807) is 0 Å². The van der Waals surface area contributed by atoms with Gasteiger partial charge in [0.2, 0.25) is 0 Å². The fourth-order valence-corrected chi connectivity index (χ4v) is 1.21. The molecule has 1 aliphatic rings. The highest BCUT2D eigenvalue weighted by atomic mass is 16.5. The van der Waals surface area contributed by atoms with E-state index in [1.165, 1.54) is 0 Å². The highest BCUT2D eigenvalue weighted by Crippen LogP contribution is 2.02. The summed E-state index contributed by atoms with van der Waals surface area (Å²) < 4.78 is 5.19. The molecule has 1 saturated heterocycles. The van der Waals surface area contributed by atoms with Crippen LogP contribution in [0.3, 0.4) is 0 Å². The van der Waals surface area contributed by atoms with Gasteiger partial charge < -0.3 is 4.74 Å². The Morgan fingerprint density at radius 3 is 3.18 bits per heavy atom. The van der Waals surface area contributed by atoms with Crippen molar-refractivity contribution in [3.05, 3.63) is 4.91 Å². The molecule has 0 unspecified atom stereocenters. The molecule has 11 heavy (non-hydrogen) atoms. The van der Waals surface area contributed by atoms with Crippen LogP contribution in [0.25, 0.3) is 0 Å². The van der Waals surface area contributed by atoms with Crippen LogP contribution in [0.15, 0.2) is 5.18 Å². The molecule has 0 radical (unpaired) electrons. The van der Waals surface area contributed by atoms with Gasteiger partial charge in [0.1, 0.15) is 6.04 Å². The Labute approximate surface area is 66.5 Å². The zero-order valence-corrected chi connectivity index (χ0v) is 6.82. The molecule has 64 valence electrons. The molecular formula is C7H14N2O2. The van der Waals surface area contributed by atoms with Gasteiger partial charge in [0.15, 0.2) is 0 Å². The van der Waals surface area contributed by atoms with Crippen molar-refractivity contribution in [3.63, 3.8) is 0 Å². The average Bonchev–Trinajstić information content (AvgIpc) is 2.28. The van der Waals surface area contributed by atoms with Crippen molar-refractivity contribution in [3.8, 4) is 0 Å². The van der Waals surface area contributed by atoms with Gasteiger partial charge in [-0.1, -0.05) is 12.1 Å². The molecule has 4 nitrogen and oxygen atoms in total. The molecule has 1 rings (SSSR count). The molecule has 0 aliphatic carbocycles. The molecule has 0 aromatic carbocycles. The van der Waals surface area contributed by atoms with E-state index in [0.717, 1.165) is 26.2 Å². The lowest BCUT2D eigenvalue weighted by Crippen LogP contribution is -2.31. The van der Waals surface area contributed by atoms with E-state index < -0.39 is 0 Å². The Hall–Kier alpha value is -0.480. The summed E-state index contributed by atoms with van der Waals surface area (Å²) in [6.07, 6.45) is 0. The van der Waals surface area contributed by atoms with Crippen molar-refractivity contribution < 1.29 is 4.74 Å². The second-order valence-corrected chi connectivity index (χ2v) is 2.73. The predicted molar refractivity (Wildman–Crippen MR) is 42.5 cm³/mol. The summed E-state index contributed by atoms with van der Waals surface area (Å²) in [5.74, 6) is 0. The molecule has 1 aliphatic heterocycles. The Morgan fingerprint density at radius 2 is 2.55 bits per heavy atom. The van der Waals surface area contributed by atoms with Gasteiger partial charge in [-0.15, -0.1) is 0 Å². The lowest BCUT2D eigenvalue weighted by molar-refractivity contribution is 0.136. The molecule has 1 heterocycles. The van der Waals surface area contributed by atoms with E-state index in [9.17, 15) is 4.91 Å². The first-order valence-corrected chi connectivity index (χ1v) is 3.99. The molecule has 0 spiro atoms. The van der Waals surface area contributed by atoms with E-state index in [4.69, 9.17) is 4.74 Å². The fraction of sp³-hybridized carbons (Fsp3) is 1.00. The van der Waals surface area contributed by atoms with E-state index in [2.05, 4.69) is 17.0 Å². The van der Waals surface area contributed by atoms with Gasteiger partial charge in [0.25, 0.3) is 0 Å². The second-order valence-electron chi connectivity index (χ2n) is 2.73. The van der Waals surface area contributed by atoms with Crippen LogP contribution in [0.1, 0.15) is 6.92 Å². The molecule has 0 amide bonds. The van der Waals surface area contributed by atoms with Gasteiger partial charge >= 0.3 is 0 Å². The Balaban J connectivity index is 2.39. The highest BCUT2D eigenvalue weighted by Gasteiger charge is 2.17. The number of ether oxygens (including phenoxy) is 1. The van der Waals surface area contributed by atoms with Crippen molar-refractivity contribution in [2.45, 2.75) is 13.0 Å². The van der Waals surface area contributed by atoms with Gasteiger partial charge in [-0.05, 0) is 6.54 Å². The maximum absolute atomic E-state index is 10.2. The van der Waals surface area contributed by atoms with E-state index in [-0.39, 0.29) is 6.04 Å². The SMILES string of the molecule is CCN1CCOC[C@@H](N=O)C1. The number of rotatable bonds is 2. The minimum Gasteiger partial charge on any atom is -0.378 e. The van der Waals surface area contributed by atoms with Crippen molar-refractivity contribution in [1.82, 2.24) is 4.90 Å². The van der Waals surface area contributed by atoms with E-state index in [1.807, 2.05) is 0 Å². The smallest absolute Gasteiger partial charge is 0.128 e. The van der Waals surface area contributed by atoms with Crippen LogP contribution >= 0.6 is 0 Å². The van der Waals surface area contributed by atoms with Crippen molar-refractivity contribution in [1.29, 1.82) is 0 Å². The first kappa shape index (κ1) is 8.62. The zero-order valence-electron chi connectivity index (χ0n) is 6.82. The number of hydrogen-bond acceptors (Lipinski definition) is 4. The van der Waals surface area contributed by atoms with Gasteiger partial charge in [0.05, 0.1) is 13.2 Å². The number of hydrogen-bond donors (Lipinski definition) is 0. The van der Waals surface area contributed by atoms with Gasteiger partial charge in [-0.2, -0.15) is 4.91 Å². The molecule has 0 N–H and O–H groups in total. The van der Waals surface area contributed by atoms with E-state index >= 15 is 0 Å². The van der Waals surface area contributed by atoms with Gasteiger partial charge in [0, 0.05) is 13.1 Å². The summed E-state index contributed by atoms with van der Waals surface area (Å²) in [5, 5.41) is 2.99. The van der Waals surface area contributed by atoms with Crippen molar-refractivity contribution in [2.24, 2.45) is 5.18 Å². The van der Waals surface area contributed by atoms with E-state index in [0.29, 0.717) is 6.61 Å². The standard InChI is InChI=1S/C7H14N2O2/c1-2-9-3-4-11-6-7(5-9)8-10/h7H,2-6H2,1H3/t7-/m0/s1. The number of nitroso groups, excluding NO2 is 1. The molecule has 0 saturated carbocycles. The van der Waals surface area contributed by atoms with Crippen LogP contribution in [-0.4, -0.2) is 43.8 Å². The molecule has 0 aromatic rings. The third-order valence-electron chi connectivity index (χ3n) is 1.93. The fourth-order valence-electron chi connectivity index (χ4n) is 1.21. The largest absolute Gasteiger partial charge is 0.378 e. The van der Waals surface area contributed by atoms with Crippen LogP contribution in [0.4, 0.5) is 0 Å². The van der Waals surface area contributed by atoms with Crippen LogP contribution in [-0.2, 0) is 4.74 Å². The second kappa shape index (κ2) is 4.41. The zero-order chi connectivity index (χ0) is 8.10. The molecule has 4 heteroatoms. The van der Waals surface area contributed by atoms with Gasteiger partial charge in [-0.25, -0.2) is 0 Å². The summed E-state index contributed by atoms with van der Waals surface area (Å²) in [7, 11) is 0. The monoisotopic (exact) mass is 158 g/mol. The average molecular weight is 158 g/mol. The first-order valence-electron chi connectivity index (χ1n) is 3.99. The van der Waals surface area contributed by atoms with Crippen LogP contribution in [0.5, 0.6) is 0 Å². The van der Waals surface area contributed by atoms with Crippen molar-refractivity contribution >= 4 is 0 Å². The Kier molecular flexibility index (Phi) is 3.45. The predicted octanol–water partition coefficient (Wildman–Crippen LogP) is 0.474. The minimum atomic E-state index is -0.169. The highest BCUT2D eigenvalue weighted by molar-refractivity contribution is 4.73. The molecule has 0 bridgehead atoms. The van der Waals surface area contributed by atoms with Crippen molar-refractivity contribution in [2.75, 3.05) is 32.8 Å². The summed E-state index contributed by atoms with van der Waals surface area (Å²) in [5.41, 5.74) is 0. The molecular weight excluding hydrogens is 144 g/mol. The first-order chi connectivity index (χ1) is 5.36. The number of likely N-dealkylation sites (N-methyl/N-ethyl adjacent to an activating group) is 1. The lowest BCUT2D eigenvalue weighted by Gasteiger charge is -2.17. The van der Waals surface area contributed by atoms with Gasteiger partial charge in [-0.3, -0.25) is 4.90 Å². The quantitative estimate of drug-likeness (QED) is 0.549. The minimum absolute atomic E-state index is 0.169. The summed E-state index contributed by atoms with van der Waals surface area (Å²) in [6, 6.07) is -0.169. The maximum atomic E-state index is 10.2. The summed E-state index contributed by atoms with van der Waals surface area (Å²) in [4.78, 5) is 12.4. The lowest BCUT2D eigenvalue weighted by atomic mass is 10.3.